The zero-order valence-corrected chi connectivity index (χ0v) is 20.6. The van der Waals surface area contributed by atoms with Gasteiger partial charge in [0.15, 0.2) is 0 Å². The van der Waals surface area contributed by atoms with Gasteiger partial charge in [0.25, 0.3) is 5.91 Å². The van der Waals surface area contributed by atoms with Crippen molar-refractivity contribution in [3.63, 3.8) is 0 Å². The number of carbonyl (C=O) groups is 1. The van der Waals surface area contributed by atoms with Crippen LogP contribution in [-0.2, 0) is 19.7 Å². The summed E-state index contributed by atoms with van der Waals surface area (Å²) in [5.41, 5.74) is 4.33. The molecule has 0 spiro atoms. The topological polar surface area (TPSA) is 74.0 Å². The number of nitrogens with zero attached hydrogens (tertiary/aromatic N) is 4. The molecule has 4 aromatic rings. The molecule has 0 atom stereocenters. The van der Waals surface area contributed by atoms with Crippen LogP contribution in [0.25, 0.3) is 0 Å². The zero-order chi connectivity index (χ0) is 23.4. The highest BCUT2D eigenvalue weighted by Crippen LogP contribution is 2.28. The second-order valence-electron chi connectivity index (χ2n) is 7.51. The van der Waals surface area contributed by atoms with Crippen molar-refractivity contribution in [3.05, 3.63) is 92.9 Å². The molecule has 0 aliphatic heterocycles. The number of halogens is 2. The first-order valence-electron chi connectivity index (χ1n) is 10.4. The van der Waals surface area contributed by atoms with Gasteiger partial charge >= 0.3 is 0 Å². The molecule has 4 rings (SSSR count). The Labute approximate surface area is 205 Å². The summed E-state index contributed by atoms with van der Waals surface area (Å²) < 4.78 is 10.4. The minimum absolute atomic E-state index is 0.201. The number of rotatable bonds is 8. The summed E-state index contributed by atoms with van der Waals surface area (Å²) >= 11 is 9.56. The van der Waals surface area contributed by atoms with Gasteiger partial charge in [0.1, 0.15) is 12.4 Å². The van der Waals surface area contributed by atoms with Crippen molar-refractivity contribution in [2.75, 3.05) is 5.32 Å². The number of benzene rings is 2. The minimum atomic E-state index is -0.201. The molecule has 0 aliphatic carbocycles. The summed E-state index contributed by atoms with van der Waals surface area (Å²) in [6.45, 7) is 5.88. The maximum atomic E-state index is 12.6. The fraction of sp³-hybridized carbons (Fsp3) is 0.208. The van der Waals surface area contributed by atoms with Crippen molar-refractivity contribution in [2.45, 2.75) is 33.5 Å². The zero-order valence-electron chi connectivity index (χ0n) is 18.3. The van der Waals surface area contributed by atoms with Crippen LogP contribution in [0.5, 0.6) is 5.75 Å². The average molecular weight is 529 g/mol. The lowest BCUT2D eigenvalue weighted by Gasteiger charge is -2.09. The molecule has 2 heterocycles. The Morgan fingerprint density at radius 3 is 2.64 bits per heavy atom. The molecule has 170 valence electrons. The van der Waals surface area contributed by atoms with Crippen LogP contribution in [0.2, 0.25) is 5.02 Å². The number of hydrogen-bond acceptors (Lipinski definition) is 4. The number of amides is 1. The van der Waals surface area contributed by atoms with E-state index in [1.165, 1.54) is 0 Å². The third-order valence-corrected chi connectivity index (χ3v) is 6.02. The molecule has 0 saturated carbocycles. The normalized spacial score (nSPS) is 10.9. The van der Waals surface area contributed by atoms with E-state index in [4.69, 9.17) is 16.3 Å². The molecule has 0 bridgehead atoms. The summed E-state index contributed by atoms with van der Waals surface area (Å²) in [6.07, 6.45) is 5.31. The Hall–Kier alpha value is -3.10. The lowest BCUT2D eigenvalue weighted by atomic mass is 10.1. The first-order valence-corrected chi connectivity index (χ1v) is 11.6. The van der Waals surface area contributed by atoms with Crippen molar-refractivity contribution < 1.29 is 9.53 Å². The average Bonchev–Trinajstić information content (AvgIpc) is 3.39. The molecule has 0 aliphatic rings. The molecule has 2 aromatic heterocycles. The van der Waals surface area contributed by atoms with Gasteiger partial charge in [-0.25, -0.2) is 0 Å². The number of nitrogens with one attached hydrogen (secondary N) is 1. The van der Waals surface area contributed by atoms with Crippen LogP contribution >= 0.6 is 27.5 Å². The molecule has 2 aromatic carbocycles. The van der Waals surface area contributed by atoms with Crippen molar-refractivity contribution >= 4 is 39.1 Å². The smallest absolute Gasteiger partial charge is 0.255 e. The fourth-order valence-corrected chi connectivity index (χ4v) is 4.09. The minimum Gasteiger partial charge on any atom is -0.487 e. The van der Waals surface area contributed by atoms with Crippen LogP contribution in [0.15, 0.2) is 65.5 Å². The van der Waals surface area contributed by atoms with Crippen LogP contribution < -0.4 is 10.1 Å². The molecule has 1 amide bonds. The Morgan fingerprint density at radius 1 is 1.15 bits per heavy atom. The SMILES string of the molecule is CCn1ncc(Cn2cc(NC(=O)c3ccc(COc4ccc(Br)cc4Cl)cc3)cn2)c1C. The van der Waals surface area contributed by atoms with E-state index in [1.807, 2.05) is 48.3 Å². The maximum Gasteiger partial charge on any atom is 0.255 e. The lowest BCUT2D eigenvalue weighted by molar-refractivity contribution is 0.102. The second-order valence-corrected chi connectivity index (χ2v) is 8.83. The van der Waals surface area contributed by atoms with Gasteiger partial charge in [0.2, 0.25) is 0 Å². The van der Waals surface area contributed by atoms with E-state index in [9.17, 15) is 4.79 Å². The highest BCUT2D eigenvalue weighted by Gasteiger charge is 2.10. The van der Waals surface area contributed by atoms with Gasteiger partial charge in [-0.1, -0.05) is 39.7 Å². The van der Waals surface area contributed by atoms with E-state index in [0.29, 0.717) is 35.2 Å². The van der Waals surface area contributed by atoms with Crippen molar-refractivity contribution in [1.82, 2.24) is 19.6 Å². The van der Waals surface area contributed by atoms with Gasteiger partial charge < -0.3 is 10.1 Å². The number of anilines is 1. The quantitative estimate of drug-likeness (QED) is 0.318. The van der Waals surface area contributed by atoms with Gasteiger partial charge in [-0.15, -0.1) is 0 Å². The van der Waals surface area contributed by atoms with Gasteiger partial charge in [-0.05, 0) is 49.7 Å². The number of carbonyl (C=O) groups excluding carboxylic acids is 1. The summed E-state index contributed by atoms with van der Waals surface area (Å²) in [7, 11) is 0. The standard InChI is InChI=1S/C24H23BrClN5O2/c1-3-31-16(2)19(11-28-31)13-30-14-21(12-27-30)29-24(32)18-6-4-17(5-7-18)15-33-23-9-8-20(25)10-22(23)26/h4-12,14H,3,13,15H2,1-2H3,(H,29,32). The predicted octanol–water partition coefficient (Wildman–Crippen LogP) is 5.70. The third kappa shape index (κ3) is 5.64. The predicted molar refractivity (Wildman–Crippen MR) is 132 cm³/mol. The molecular weight excluding hydrogens is 506 g/mol. The van der Waals surface area contributed by atoms with E-state index < -0.39 is 0 Å². The fourth-order valence-electron chi connectivity index (χ4n) is 3.36. The maximum absolute atomic E-state index is 12.6. The van der Waals surface area contributed by atoms with Crippen LogP contribution in [0, 0.1) is 6.92 Å². The largest absolute Gasteiger partial charge is 0.487 e. The lowest BCUT2D eigenvalue weighted by Crippen LogP contribution is -2.11. The van der Waals surface area contributed by atoms with E-state index >= 15 is 0 Å². The first kappa shape index (κ1) is 23.1. The van der Waals surface area contributed by atoms with Gasteiger partial charge in [0, 0.05) is 34.0 Å². The van der Waals surface area contributed by atoms with Gasteiger partial charge in [-0.2, -0.15) is 10.2 Å². The van der Waals surface area contributed by atoms with E-state index in [2.05, 4.69) is 38.4 Å². The van der Waals surface area contributed by atoms with Crippen LogP contribution in [0.3, 0.4) is 0 Å². The molecule has 0 saturated heterocycles. The van der Waals surface area contributed by atoms with Gasteiger partial charge in [0.05, 0.1) is 29.6 Å². The van der Waals surface area contributed by atoms with Crippen LogP contribution in [0.4, 0.5) is 5.69 Å². The van der Waals surface area contributed by atoms with Crippen molar-refractivity contribution in [2.24, 2.45) is 0 Å². The summed E-state index contributed by atoms with van der Waals surface area (Å²) in [5, 5.41) is 12.1. The molecule has 7 nitrogen and oxygen atoms in total. The molecule has 9 heteroatoms. The number of aryl methyl sites for hydroxylation is 1. The Kier molecular flexibility index (Phi) is 7.15. The highest BCUT2D eigenvalue weighted by molar-refractivity contribution is 9.10. The third-order valence-electron chi connectivity index (χ3n) is 5.23. The Balaban J connectivity index is 1.33. The van der Waals surface area contributed by atoms with Crippen LogP contribution in [-0.4, -0.2) is 25.5 Å². The number of aromatic nitrogens is 4. The van der Waals surface area contributed by atoms with Crippen LogP contribution in [0.1, 0.15) is 34.1 Å². The van der Waals surface area contributed by atoms with Crippen molar-refractivity contribution in [3.8, 4) is 5.75 Å². The Morgan fingerprint density at radius 2 is 1.94 bits per heavy atom. The molecule has 33 heavy (non-hydrogen) atoms. The van der Waals surface area contributed by atoms with Crippen molar-refractivity contribution in [1.29, 1.82) is 0 Å². The Bertz CT molecular complexity index is 1270. The van der Waals surface area contributed by atoms with E-state index in [-0.39, 0.29) is 5.91 Å². The highest BCUT2D eigenvalue weighted by atomic mass is 79.9. The summed E-state index contributed by atoms with van der Waals surface area (Å²) in [4.78, 5) is 12.6. The number of hydrogen-bond donors (Lipinski definition) is 1. The van der Waals surface area contributed by atoms with Gasteiger partial charge in [-0.3, -0.25) is 14.2 Å². The molecular formula is C24H23BrClN5O2. The molecule has 0 unspecified atom stereocenters. The van der Waals surface area contributed by atoms with E-state index in [1.54, 1.807) is 29.1 Å². The molecule has 0 fully saturated rings. The second kappa shape index (κ2) is 10.2. The monoisotopic (exact) mass is 527 g/mol. The summed E-state index contributed by atoms with van der Waals surface area (Å²) in [6, 6.07) is 12.7. The number of ether oxygens (including phenoxy) is 1. The molecule has 0 radical (unpaired) electrons. The summed E-state index contributed by atoms with van der Waals surface area (Å²) in [5.74, 6) is 0.406. The first-order chi connectivity index (χ1) is 15.9. The van der Waals surface area contributed by atoms with E-state index in [0.717, 1.165) is 27.8 Å². The molecule has 1 N–H and O–H groups in total.